The molecule has 0 fully saturated rings. The third-order valence-electron chi connectivity index (χ3n) is 3.62. The maximum atomic E-state index is 12.4. The van der Waals surface area contributed by atoms with Crippen molar-refractivity contribution in [2.45, 2.75) is 39.7 Å². The molecule has 128 valence electrons. The molecule has 0 aliphatic carbocycles. The zero-order valence-corrected chi connectivity index (χ0v) is 14.6. The van der Waals surface area contributed by atoms with E-state index in [9.17, 15) is 9.59 Å². The lowest BCUT2D eigenvalue weighted by molar-refractivity contribution is -0.123. The van der Waals surface area contributed by atoms with Crippen LogP contribution >= 0.6 is 0 Å². The number of benzene rings is 1. The molecule has 0 aliphatic heterocycles. The molecular formula is C18H29N3O2. The van der Waals surface area contributed by atoms with E-state index < -0.39 is 6.04 Å². The van der Waals surface area contributed by atoms with E-state index >= 15 is 0 Å². The van der Waals surface area contributed by atoms with Gasteiger partial charge in [0, 0.05) is 12.1 Å². The lowest BCUT2D eigenvalue weighted by atomic mass is 10.0. The summed E-state index contributed by atoms with van der Waals surface area (Å²) in [6.07, 6.45) is 1.48. The molecular weight excluding hydrogens is 290 g/mol. The van der Waals surface area contributed by atoms with Gasteiger partial charge in [0.1, 0.15) is 6.04 Å². The number of hydrogen-bond acceptors (Lipinski definition) is 3. The lowest BCUT2D eigenvalue weighted by Gasteiger charge is -2.20. The van der Waals surface area contributed by atoms with Gasteiger partial charge in [0.25, 0.3) is 5.91 Å². The van der Waals surface area contributed by atoms with Crippen LogP contribution in [-0.2, 0) is 4.79 Å². The largest absolute Gasteiger partial charge is 0.354 e. The summed E-state index contributed by atoms with van der Waals surface area (Å²) in [5.41, 5.74) is 1.52. The van der Waals surface area contributed by atoms with E-state index in [-0.39, 0.29) is 11.8 Å². The summed E-state index contributed by atoms with van der Waals surface area (Å²) < 4.78 is 0. The Morgan fingerprint density at radius 3 is 2.43 bits per heavy atom. The highest BCUT2D eigenvalue weighted by atomic mass is 16.2. The van der Waals surface area contributed by atoms with Crippen molar-refractivity contribution < 1.29 is 9.59 Å². The second-order valence-electron chi connectivity index (χ2n) is 6.22. The molecule has 0 spiro atoms. The number of hydrogen-bond donors (Lipinski definition) is 3. The summed E-state index contributed by atoms with van der Waals surface area (Å²) in [5, 5.41) is 8.82. The normalized spacial score (nSPS) is 12.0. The number of carbonyl (C=O) groups is 2. The van der Waals surface area contributed by atoms with Gasteiger partial charge in [-0.25, -0.2) is 0 Å². The van der Waals surface area contributed by atoms with Crippen molar-refractivity contribution >= 4 is 11.8 Å². The molecule has 1 atom stereocenters. The maximum absolute atomic E-state index is 12.4. The van der Waals surface area contributed by atoms with Crippen LogP contribution in [0.15, 0.2) is 24.3 Å². The minimum absolute atomic E-state index is 0.114. The van der Waals surface area contributed by atoms with E-state index in [0.717, 1.165) is 18.5 Å². The number of rotatable bonds is 9. The lowest BCUT2D eigenvalue weighted by Crippen LogP contribution is -2.47. The summed E-state index contributed by atoms with van der Waals surface area (Å²) in [7, 11) is 1.88. The van der Waals surface area contributed by atoms with E-state index in [1.54, 1.807) is 6.07 Å². The monoisotopic (exact) mass is 319 g/mol. The van der Waals surface area contributed by atoms with Crippen molar-refractivity contribution in [2.24, 2.45) is 5.92 Å². The minimum Gasteiger partial charge on any atom is -0.354 e. The quantitative estimate of drug-likeness (QED) is 0.609. The number of aryl methyl sites for hydroxylation is 1. The molecule has 5 nitrogen and oxygen atoms in total. The van der Waals surface area contributed by atoms with Crippen LogP contribution in [0.2, 0.25) is 0 Å². The molecule has 1 aromatic carbocycles. The van der Waals surface area contributed by atoms with Crippen LogP contribution < -0.4 is 16.0 Å². The Morgan fingerprint density at radius 1 is 1.13 bits per heavy atom. The van der Waals surface area contributed by atoms with Crippen molar-refractivity contribution in [1.29, 1.82) is 0 Å². The number of amides is 2. The van der Waals surface area contributed by atoms with Crippen LogP contribution in [0.3, 0.4) is 0 Å². The van der Waals surface area contributed by atoms with Gasteiger partial charge in [-0.05, 0) is 50.9 Å². The molecule has 0 saturated carbocycles. The van der Waals surface area contributed by atoms with Crippen molar-refractivity contribution in [3.63, 3.8) is 0 Å². The molecule has 0 bridgehead atoms. The molecule has 0 aliphatic rings. The molecule has 0 radical (unpaired) electrons. The first-order valence-electron chi connectivity index (χ1n) is 8.24. The molecule has 0 saturated heterocycles. The van der Waals surface area contributed by atoms with E-state index in [4.69, 9.17) is 0 Å². The first-order chi connectivity index (χ1) is 11.0. The van der Waals surface area contributed by atoms with Crippen molar-refractivity contribution in [2.75, 3.05) is 20.1 Å². The van der Waals surface area contributed by atoms with Crippen LogP contribution in [0.1, 0.15) is 42.6 Å². The highest BCUT2D eigenvalue weighted by Gasteiger charge is 2.22. The van der Waals surface area contributed by atoms with Gasteiger partial charge in [-0.2, -0.15) is 0 Å². The van der Waals surface area contributed by atoms with Crippen LogP contribution in [0.5, 0.6) is 0 Å². The van der Waals surface area contributed by atoms with Gasteiger partial charge in [0.2, 0.25) is 5.91 Å². The Hall–Kier alpha value is -1.88. The average molecular weight is 319 g/mol. The Labute approximate surface area is 139 Å². The van der Waals surface area contributed by atoms with E-state index in [1.165, 1.54) is 0 Å². The Bertz CT molecular complexity index is 515. The first-order valence-corrected chi connectivity index (χ1v) is 8.24. The zero-order valence-electron chi connectivity index (χ0n) is 14.6. The Kier molecular flexibility index (Phi) is 8.33. The van der Waals surface area contributed by atoms with Gasteiger partial charge in [-0.1, -0.05) is 32.0 Å². The van der Waals surface area contributed by atoms with Gasteiger partial charge in [0.05, 0.1) is 0 Å². The second-order valence-corrected chi connectivity index (χ2v) is 6.22. The summed E-state index contributed by atoms with van der Waals surface area (Å²) in [5.74, 6) is 0.0103. The van der Waals surface area contributed by atoms with E-state index in [2.05, 4.69) is 16.0 Å². The third kappa shape index (κ3) is 6.82. The molecule has 1 unspecified atom stereocenters. The van der Waals surface area contributed by atoms with Crippen molar-refractivity contribution in [3.8, 4) is 0 Å². The third-order valence-corrected chi connectivity index (χ3v) is 3.62. The Balaban J connectivity index is 2.68. The summed E-state index contributed by atoms with van der Waals surface area (Å²) in [4.78, 5) is 24.8. The number of nitrogens with one attached hydrogen (secondary N) is 3. The SMILES string of the molecule is CNCCCNC(=O)C(CC(C)C)NC(=O)c1ccccc1C. The molecule has 1 rings (SSSR count). The fraction of sp³-hybridized carbons (Fsp3) is 0.556. The highest BCUT2D eigenvalue weighted by Crippen LogP contribution is 2.10. The van der Waals surface area contributed by atoms with Crippen LogP contribution in [0.4, 0.5) is 0 Å². The fourth-order valence-electron chi connectivity index (χ4n) is 2.37. The standard InChI is InChI=1S/C18H29N3O2/c1-13(2)12-16(18(23)20-11-7-10-19-4)21-17(22)15-9-6-5-8-14(15)3/h5-6,8-9,13,16,19H,7,10-12H2,1-4H3,(H,20,23)(H,21,22). The predicted molar refractivity (Wildman–Crippen MR) is 93.4 cm³/mol. The summed E-state index contributed by atoms with van der Waals surface area (Å²) in [6, 6.07) is 6.90. The van der Waals surface area contributed by atoms with E-state index in [1.807, 2.05) is 46.0 Å². The van der Waals surface area contributed by atoms with Gasteiger partial charge in [0.15, 0.2) is 0 Å². The molecule has 2 amide bonds. The van der Waals surface area contributed by atoms with Gasteiger partial charge in [-0.3, -0.25) is 9.59 Å². The van der Waals surface area contributed by atoms with Gasteiger partial charge < -0.3 is 16.0 Å². The molecule has 3 N–H and O–H groups in total. The molecule has 0 aromatic heterocycles. The molecule has 5 heteroatoms. The van der Waals surface area contributed by atoms with Gasteiger partial charge in [-0.15, -0.1) is 0 Å². The van der Waals surface area contributed by atoms with Crippen LogP contribution in [0, 0.1) is 12.8 Å². The number of carbonyl (C=O) groups excluding carboxylic acids is 2. The van der Waals surface area contributed by atoms with Gasteiger partial charge >= 0.3 is 0 Å². The van der Waals surface area contributed by atoms with Crippen molar-refractivity contribution in [3.05, 3.63) is 35.4 Å². The minimum atomic E-state index is -0.503. The van der Waals surface area contributed by atoms with Crippen LogP contribution in [-0.4, -0.2) is 38.0 Å². The highest BCUT2D eigenvalue weighted by molar-refractivity contribution is 5.98. The first kappa shape index (κ1) is 19.2. The fourth-order valence-corrected chi connectivity index (χ4v) is 2.37. The second kappa shape index (κ2) is 10.0. The summed E-state index contributed by atoms with van der Waals surface area (Å²) >= 11 is 0. The topological polar surface area (TPSA) is 70.2 Å². The van der Waals surface area contributed by atoms with E-state index in [0.29, 0.717) is 24.4 Å². The molecule has 1 aromatic rings. The maximum Gasteiger partial charge on any atom is 0.252 e. The van der Waals surface area contributed by atoms with Crippen LogP contribution in [0.25, 0.3) is 0 Å². The average Bonchev–Trinajstić information content (AvgIpc) is 2.50. The molecule has 0 heterocycles. The molecule has 23 heavy (non-hydrogen) atoms. The van der Waals surface area contributed by atoms with Crippen molar-refractivity contribution in [1.82, 2.24) is 16.0 Å². The Morgan fingerprint density at radius 2 is 1.83 bits per heavy atom. The summed E-state index contributed by atoms with van der Waals surface area (Å²) in [6.45, 7) is 7.44. The predicted octanol–water partition coefficient (Wildman–Crippen LogP) is 1.87. The smallest absolute Gasteiger partial charge is 0.252 e. The zero-order chi connectivity index (χ0) is 17.2.